The summed E-state index contributed by atoms with van der Waals surface area (Å²) in [6.45, 7) is 0. The molecule has 0 N–H and O–H groups in total. The van der Waals surface area contributed by atoms with Crippen LogP contribution in [0.3, 0.4) is 0 Å². The van der Waals surface area contributed by atoms with Crippen molar-refractivity contribution in [2.75, 3.05) is 0 Å². The minimum absolute atomic E-state index is 0.171. The van der Waals surface area contributed by atoms with Crippen molar-refractivity contribution < 1.29 is 12.3 Å². The molecule has 4 fully saturated rings. The molecule has 2 nitrogen and oxygen atoms in total. The predicted octanol–water partition coefficient (Wildman–Crippen LogP) is 0.940. The van der Waals surface area contributed by atoms with Crippen LogP contribution >= 0.6 is 0 Å². The van der Waals surface area contributed by atoms with E-state index in [4.69, 9.17) is 0 Å². The van der Waals surface area contributed by atoms with Crippen LogP contribution in [0.4, 0.5) is 3.89 Å². The van der Waals surface area contributed by atoms with Crippen molar-refractivity contribution >= 4 is 10.2 Å². The van der Waals surface area contributed by atoms with Gasteiger partial charge in [0.25, 0.3) is 0 Å². The quantitative estimate of drug-likeness (QED) is 0.557. The Labute approximate surface area is 65.0 Å². The maximum Gasteiger partial charge on any atom is 0.305 e. The van der Waals surface area contributed by atoms with Gasteiger partial charge in [-0.2, -0.15) is 8.42 Å². The summed E-state index contributed by atoms with van der Waals surface area (Å²) in [5, 5.41) is -0.600. The Bertz CT molecular complexity index is 296. The molecular weight excluding hydrogens is 167 g/mol. The third-order valence-electron chi connectivity index (χ3n) is 3.72. The number of hydrogen-bond donors (Lipinski definition) is 0. The topological polar surface area (TPSA) is 34.1 Å². The van der Waals surface area contributed by atoms with Gasteiger partial charge in [-0.05, 0) is 36.5 Å². The van der Waals surface area contributed by atoms with Crippen molar-refractivity contribution in [3.05, 3.63) is 0 Å². The molecule has 11 heavy (non-hydrogen) atoms. The van der Waals surface area contributed by atoms with Crippen molar-refractivity contribution in [1.82, 2.24) is 0 Å². The van der Waals surface area contributed by atoms with Crippen molar-refractivity contribution in [2.45, 2.75) is 18.1 Å². The second-order valence-electron chi connectivity index (χ2n) is 4.08. The summed E-state index contributed by atoms with van der Waals surface area (Å²) in [6, 6.07) is 0. The maximum atomic E-state index is 12.6. The Morgan fingerprint density at radius 1 is 1.18 bits per heavy atom. The zero-order valence-electron chi connectivity index (χ0n) is 5.90. The van der Waals surface area contributed by atoms with Gasteiger partial charge in [0.2, 0.25) is 0 Å². The fraction of sp³-hybridized carbons (Fsp3) is 1.00. The lowest BCUT2D eigenvalue weighted by atomic mass is 10.1. The van der Waals surface area contributed by atoms with E-state index in [1.165, 1.54) is 0 Å². The molecule has 0 heterocycles. The Morgan fingerprint density at radius 3 is 1.91 bits per heavy atom. The number of hydrogen-bond acceptors (Lipinski definition) is 2. The second kappa shape index (κ2) is 1.49. The zero-order valence-corrected chi connectivity index (χ0v) is 6.72. The van der Waals surface area contributed by atoms with Crippen molar-refractivity contribution in [3.8, 4) is 0 Å². The molecule has 0 aromatic rings. The van der Waals surface area contributed by atoms with Gasteiger partial charge in [-0.1, -0.05) is 0 Å². The fourth-order valence-electron chi connectivity index (χ4n) is 3.42. The standard InChI is InChI=1S/C7H9FO2S/c8-11(9,10)7-3-1-4-5(2-3)6(4)7/h3-7H,1-2H2. The molecule has 0 aromatic carbocycles. The van der Waals surface area contributed by atoms with Gasteiger partial charge in [-0.15, -0.1) is 3.89 Å². The highest BCUT2D eigenvalue weighted by Crippen LogP contribution is 2.72. The molecule has 0 saturated heterocycles. The molecule has 0 aromatic heterocycles. The molecule has 62 valence electrons. The van der Waals surface area contributed by atoms with Crippen molar-refractivity contribution in [1.29, 1.82) is 0 Å². The molecule has 4 aliphatic carbocycles. The third-order valence-corrected chi connectivity index (χ3v) is 5.07. The van der Waals surface area contributed by atoms with Gasteiger partial charge in [0.05, 0.1) is 5.25 Å². The average molecular weight is 176 g/mol. The van der Waals surface area contributed by atoms with Crippen LogP contribution in [-0.4, -0.2) is 13.7 Å². The van der Waals surface area contributed by atoms with Gasteiger partial charge < -0.3 is 0 Å². The van der Waals surface area contributed by atoms with Crippen LogP contribution < -0.4 is 0 Å². The van der Waals surface area contributed by atoms with E-state index in [-0.39, 0.29) is 11.8 Å². The lowest BCUT2D eigenvalue weighted by Gasteiger charge is -2.07. The predicted molar refractivity (Wildman–Crippen MR) is 37.0 cm³/mol. The van der Waals surface area contributed by atoms with Gasteiger partial charge >= 0.3 is 10.2 Å². The Morgan fingerprint density at radius 2 is 1.73 bits per heavy atom. The van der Waals surface area contributed by atoms with Crippen LogP contribution in [0, 0.1) is 23.7 Å². The van der Waals surface area contributed by atoms with Crippen LogP contribution in [0.15, 0.2) is 0 Å². The molecule has 0 spiro atoms. The lowest BCUT2D eigenvalue weighted by Crippen LogP contribution is -2.20. The average Bonchev–Trinajstić information content (AvgIpc) is 2.35. The van der Waals surface area contributed by atoms with E-state index in [1.54, 1.807) is 0 Å². The third kappa shape index (κ3) is 0.604. The molecule has 4 aliphatic rings. The Balaban J connectivity index is 2.04. The minimum atomic E-state index is -4.22. The van der Waals surface area contributed by atoms with Gasteiger partial charge in [-0.3, -0.25) is 0 Å². The molecule has 0 aliphatic heterocycles. The van der Waals surface area contributed by atoms with Crippen LogP contribution in [0.25, 0.3) is 0 Å². The van der Waals surface area contributed by atoms with Gasteiger partial charge in [0.15, 0.2) is 0 Å². The molecule has 0 radical (unpaired) electrons. The van der Waals surface area contributed by atoms with E-state index in [9.17, 15) is 12.3 Å². The first-order valence-electron chi connectivity index (χ1n) is 4.02. The van der Waals surface area contributed by atoms with E-state index in [1.807, 2.05) is 0 Å². The Hall–Kier alpha value is -0.120. The summed E-state index contributed by atoms with van der Waals surface area (Å²) in [6.07, 6.45) is 1.95. The van der Waals surface area contributed by atoms with Crippen LogP contribution in [0.2, 0.25) is 0 Å². The smallest absolute Gasteiger partial charge is 0.195 e. The summed E-state index contributed by atoms with van der Waals surface area (Å²) in [5.74, 6) is 1.55. The highest BCUT2D eigenvalue weighted by molar-refractivity contribution is 7.87. The molecule has 3 unspecified atom stereocenters. The van der Waals surface area contributed by atoms with E-state index in [0.29, 0.717) is 11.8 Å². The summed E-state index contributed by atoms with van der Waals surface area (Å²) in [7, 11) is -4.22. The molecule has 4 saturated carbocycles. The largest absolute Gasteiger partial charge is 0.305 e. The fourth-order valence-corrected chi connectivity index (χ4v) is 4.88. The van der Waals surface area contributed by atoms with E-state index in [2.05, 4.69) is 0 Å². The molecule has 4 heteroatoms. The summed E-state index contributed by atoms with van der Waals surface area (Å²) in [5.41, 5.74) is 0. The Kier molecular flexibility index (Phi) is 0.866. The maximum absolute atomic E-state index is 12.6. The SMILES string of the molecule is O=S(=O)(F)C1C2CC3C(C2)C31. The molecule has 3 atom stereocenters. The zero-order chi connectivity index (χ0) is 7.80. The molecule has 4 rings (SSSR count). The highest BCUT2D eigenvalue weighted by atomic mass is 32.3. The summed E-state index contributed by atoms with van der Waals surface area (Å²) >= 11 is 0. The van der Waals surface area contributed by atoms with Crippen molar-refractivity contribution in [2.24, 2.45) is 23.7 Å². The van der Waals surface area contributed by atoms with E-state index < -0.39 is 15.5 Å². The highest BCUT2D eigenvalue weighted by Gasteiger charge is 2.72. The van der Waals surface area contributed by atoms with Gasteiger partial charge in [0, 0.05) is 0 Å². The second-order valence-corrected chi connectivity index (χ2v) is 5.57. The number of rotatable bonds is 1. The van der Waals surface area contributed by atoms with Crippen molar-refractivity contribution in [3.63, 3.8) is 0 Å². The van der Waals surface area contributed by atoms with Gasteiger partial charge in [-0.25, -0.2) is 0 Å². The first-order valence-corrected chi connectivity index (χ1v) is 5.47. The summed E-state index contributed by atoms with van der Waals surface area (Å²) in [4.78, 5) is 0. The van der Waals surface area contributed by atoms with Crippen LogP contribution in [0.5, 0.6) is 0 Å². The lowest BCUT2D eigenvalue weighted by molar-refractivity contribution is 0.504. The van der Waals surface area contributed by atoms with Gasteiger partial charge in [0.1, 0.15) is 0 Å². The van der Waals surface area contributed by atoms with Crippen LogP contribution in [-0.2, 0) is 10.2 Å². The first-order chi connectivity index (χ1) is 5.09. The molecule has 0 amide bonds. The molecule has 4 bridgehead atoms. The van der Waals surface area contributed by atoms with E-state index in [0.717, 1.165) is 12.8 Å². The normalized spacial score (nSPS) is 58.5. The first kappa shape index (κ1) is 6.40. The van der Waals surface area contributed by atoms with Crippen LogP contribution in [0.1, 0.15) is 12.8 Å². The number of halogens is 1. The van der Waals surface area contributed by atoms with E-state index >= 15 is 0 Å². The minimum Gasteiger partial charge on any atom is -0.195 e. The monoisotopic (exact) mass is 176 g/mol. The summed E-state index contributed by atoms with van der Waals surface area (Å²) < 4.78 is 33.9. The molecular formula is C7H9FO2S.